The number of anilines is 1. The molecule has 0 radical (unpaired) electrons. The van der Waals surface area contributed by atoms with Crippen molar-refractivity contribution in [3.63, 3.8) is 0 Å². The Balaban J connectivity index is 1.42. The molecule has 1 N–H and O–H groups in total. The Morgan fingerprint density at radius 3 is 2.67 bits per heavy atom. The largest absolute Gasteiger partial charge is 0.494 e. The second-order valence-electron chi connectivity index (χ2n) is 10.4. The van der Waals surface area contributed by atoms with Gasteiger partial charge in [0.1, 0.15) is 5.75 Å². The van der Waals surface area contributed by atoms with Crippen LogP contribution in [0.25, 0.3) is 0 Å². The van der Waals surface area contributed by atoms with Gasteiger partial charge in [0.15, 0.2) is 0 Å². The van der Waals surface area contributed by atoms with Crippen molar-refractivity contribution in [3.8, 4) is 5.75 Å². The molecule has 0 spiro atoms. The van der Waals surface area contributed by atoms with Gasteiger partial charge in [-0.2, -0.15) is 0 Å². The van der Waals surface area contributed by atoms with Gasteiger partial charge in [-0.1, -0.05) is 49.8 Å². The summed E-state index contributed by atoms with van der Waals surface area (Å²) in [4.78, 5) is 15.8. The van der Waals surface area contributed by atoms with Crippen LogP contribution in [-0.2, 0) is 6.42 Å². The molecule has 2 aromatic carbocycles. The molecule has 0 saturated heterocycles. The minimum absolute atomic E-state index is 0.0129. The zero-order valence-electron chi connectivity index (χ0n) is 20.1. The van der Waals surface area contributed by atoms with Gasteiger partial charge in [0.05, 0.1) is 12.6 Å². The van der Waals surface area contributed by atoms with E-state index in [0.717, 1.165) is 43.0 Å². The number of amides is 2. The van der Waals surface area contributed by atoms with Crippen LogP contribution in [0.1, 0.15) is 63.6 Å². The quantitative estimate of drug-likeness (QED) is 0.488. The maximum Gasteiger partial charge on any atom is 0.322 e. The fourth-order valence-electron chi connectivity index (χ4n) is 6.22. The molecule has 0 aromatic heterocycles. The first-order valence-electron chi connectivity index (χ1n) is 12.5. The van der Waals surface area contributed by atoms with Crippen molar-refractivity contribution in [2.45, 2.75) is 58.9 Å². The first-order valence-corrected chi connectivity index (χ1v) is 12.5. The van der Waals surface area contributed by atoms with E-state index in [4.69, 9.17) is 4.74 Å². The van der Waals surface area contributed by atoms with Gasteiger partial charge in [0.2, 0.25) is 0 Å². The lowest BCUT2D eigenvalue weighted by molar-refractivity contribution is -0.0105. The Kier molecular flexibility index (Phi) is 5.94. The van der Waals surface area contributed by atoms with Crippen molar-refractivity contribution in [2.75, 3.05) is 18.5 Å². The van der Waals surface area contributed by atoms with Crippen LogP contribution in [0, 0.1) is 17.3 Å². The SMILES string of the molecule is CCOc1ccc(NC(=O)N(CC2=CCC3CC2C3(C)C)C2CCCc3ccccc32)cc1. The number of fused-ring (bicyclic) bond motifs is 2. The molecule has 33 heavy (non-hydrogen) atoms. The Morgan fingerprint density at radius 1 is 1.15 bits per heavy atom. The maximum absolute atomic E-state index is 13.7. The average molecular weight is 445 g/mol. The smallest absolute Gasteiger partial charge is 0.322 e. The Hall–Kier alpha value is -2.75. The number of nitrogens with one attached hydrogen (secondary N) is 1. The van der Waals surface area contributed by atoms with Crippen LogP contribution in [0.4, 0.5) is 10.5 Å². The summed E-state index contributed by atoms with van der Waals surface area (Å²) >= 11 is 0. The third-order valence-corrected chi connectivity index (χ3v) is 8.33. The molecule has 1 saturated carbocycles. The van der Waals surface area contributed by atoms with Crippen molar-refractivity contribution >= 4 is 11.7 Å². The zero-order valence-corrected chi connectivity index (χ0v) is 20.1. The molecule has 2 amide bonds. The van der Waals surface area contributed by atoms with E-state index in [-0.39, 0.29) is 12.1 Å². The highest BCUT2D eigenvalue weighted by molar-refractivity contribution is 5.90. The number of carbonyl (C=O) groups excluding carboxylic acids is 1. The van der Waals surface area contributed by atoms with E-state index >= 15 is 0 Å². The van der Waals surface area contributed by atoms with Crippen LogP contribution in [-0.4, -0.2) is 24.1 Å². The minimum atomic E-state index is -0.0129. The molecule has 4 nitrogen and oxygen atoms in total. The number of aryl methyl sites for hydroxylation is 1. The number of allylic oxidation sites excluding steroid dienone is 1. The van der Waals surface area contributed by atoms with Gasteiger partial charge in [0.25, 0.3) is 0 Å². The number of nitrogens with zero attached hydrogens (tertiary/aromatic N) is 1. The van der Waals surface area contributed by atoms with Crippen molar-refractivity contribution in [1.82, 2.24) is 4.90 Å². The number of carbonyl (C=O) groups is 1. The van der Waals surface area contributed by atoms with Crippen LogP contribution in [0.3, 0.4) is 0 Å². The van der Waals surface area contributed by atoms with Crippen LogP contribution < -0.4 is 10.1 Å². The average Bonchev–Trinajstić information content (AvgIpc) is 2.83. The van der Waals surface area contributed by atoms with Gasteiger partial charge < -0.3 is 15.0 Å². The molecule has 1 fully saturated rings. The number of ether oxygens (including phenoxy) is 1. The summed E-state index contributed by atoms with van der Waals surface area (Å²) in [6.45, 7) is 8.12. The van der Waals surface area contributed by atoms with Crippen molar-refractivity contribution < 1.29 is 9.53 Å². The first-order chi connectivity index (χ1) is 16.0. The second-order valence-corrected chi connectivity index (χ2v) is 10.4. The van der Waals surface area contributed by atoms with Crippen molar-refractivity contribution in [3.05, 3.63) is 71.3 Å². The van der Waals surface area contributed by atoms with Crippen LogP contribution in [0.5, 0.6) is 5.75 Å². The maximum atomic E-state index is 13.7. The highest BCUT2D eigenvalue weighted by Gasteiger charge is 2.51. The molecule has 3 atom stereocenters. The van der Waals surface area contributed by atoms with E-state index in [2.05, 4.69) is 54.4 Å². The van der Waals surface area contributed by atoms with Crippen LogP contribution >= 0.6 is 0 Å². The van der Waals surface area contributed by atoms with E-state index in [1.54, 1.807) is 0 Å². The van der Waals surface area contributed by atoms with Gasteiger partial charge in [0, 0.05) is 12.2 Å². The first kappa shape index (κ1) is 22.1. The van der Waals surface area contributed by atoms with Gasteiger partial charge >= 0.3 is 6.03 Å². The molecular weight excluding hydrogens is 408 g/mol. The number of urea groups is 1. The van der Waals surface area contributed by atoms with E-state index in [9.17, 15) is 4.79 Å². The summed E-state index contributed by atoms with van der Waals surface area (Å²) in [6, 6.07) is 16.5. The molecule has 6 rings (SSSR count). The zero-order chi connectivity index (χ0) is 23.0. The Morgan fingerprint density at radius 2 is 1.94 bits per heavy atom. The molecule has 2 bridgehead atoms. The fraction of sp³-hybridized carbons (Fsp3) is 0.483. The van der Waals surface area contributed by atoms with E-state index in [0.29, 0.717) is 24.5 Å². The number of benzene rings is 2. The monoisotopic (exact) mass is 444 g/mol. The molecule has 174 valence electrons. The fourth-order valence-corrected chi connectivity index (χ4v) is 6.22. The topological polar surface area (TPSA) is 41.6 Å². The third-order valence-electron chi connectivity index (χ3n) is 8.33. The molecule has 4 aliphatic rings. The van der Waals surface area contributed by atoms with Crippen LogP contribution in [0.15, 0.2) is 60.2 Å². The van der Waals surface area contributed by atoms with Crippen molar-refractivity contribution in [2.24, 2.45) is 17.3 Å². The lowest BCUT2D eigenvalue weighted by Gasteiger charge is -2.57. The molecule has 4 heteroatoms. The summed E-state index contributed by atoms with van der Waals surface area (Å²) in [5.41, 5.74) is 5.31. The highest BCUT2D eigenvalue weighted by atomic mass is 16.5. The summed E-state index contributed by atoms with van der Waals surface area (Å²) in [6.07, 6.45) is 8.07. The predicted octanol–water partition coefficient (Wildman–Crippen LogP) is 6.99. The van der Waals surface area contributed by atoms with Gasteiger partial charge in [-0.15, -0.1) is 0 Å². The Labute approximate surface area is 198 Å². The van der Waals surface area contributed by atoms with E-state index in [1.165, 1.54) is 23.1 Å². The number of rotatable bonds is 6. The summed E-state index contributed by atoms with van der Waals surface area (Å²) in [7, 11) is 0. The summed E-state index contributed by atoms with van der Waals surface area (Å²) in [5, 5.41) is 3.18. The minimum Gasteiger partial charge on any atom is -0.494 e. The third kappa shape index (κ3) is 4.16. The lowest BCUT2D eigenvalue weighted by Crippen LogP contribution is -2.51. The Bertz CT molecular complexity index is 1040. The lowest BCUT2D eigenvalue weighted by atomic mass is 9.49. The van der Waals surface area contributed by atoms with Gasteiger partial charge in [-0.3, -0.25) is 0 Å². The standard InChI is InChI=1S/C29H36N2O2/c1-4-33-24-16-14-23(15-17-24)30-28(32)31(19-21-12-13-22-18-26(21)29(22,2)3)27-11-7-9-20-8-5-6-10-25(20)27/h5-6,8,10,12,14-17,22,26-27H,4,7,9,11,13,18-19H2,1-3H3,(H,30,32). The predicted molar refractivity (Wildman–Crippen MR) is 134 cm³/mol. The van der Waals surface area contributed by atoms with Gasteiger partial charge in [-0.25, -0.2) is 4.79 Å². The molecular formula is C29H36N2O2. The molecule has 0 heterocycles. The normalized spacial score (nSPS) is 24.7. The molecule has 2 aromatic rings. The van der Waals surface area contributed by atoms with E-state index in [1.807, 2.05) is 31.2 Å². The molecule has 4 aliphatic carbocycles. The highest BCUT2D eigenvalue weighted by Crippen LogP contribution is 2.59. The number of hydrogen-bond donors (Lipinski definition) is 1. The van der Waals surface area contributed by atoms with E-state index < -0.39 is 0 Å². The number of hydrogen-bond acceptors (Lipinski definition) is 2. The van der Waals surface area contributed by atoms with Crippen LogP contribution in [0.2, 0.25) is 0 Å². The van der Waals surface area contributed by atoms with Gasteiger partial charge in [-0.05, 0) is 91.7 Å². The second kappa shape index (κ2) is 8.89. The van der Waals surface area contributed by atoms with Crippen molar-refractivity contribution in [1.29, 1.82) is 0 Å². The summed E-state index contributed by atoms with van der Waals surface area (Å²) in [5.74, 6) is 2.21. The molecule has 0 aliphatic heterocycles. The molecule has 3 unspecified atom stereocenters. The summed E-state index contributed by atoms with van der Waals surface area (Å²) < 4.78 is 5.55.